The molecule has 2 atom stereocenters. The number of halogens is 1. The maximum absolute atomic E-state index is 11.8. The predicted octanol–water partition coefficient (Wildman–Crippen LogP) is 3.69. The summed E-state index contributed by atoms with van der Waals surface area (Å²) in [4.78, 5) is 11.8. The van der Waals surface area contributed by atoms with Crippen molar-refractivity contribution in [1.29, 1.82) is 0 Å². The minimum Gasteiger partial charge on any atom is -0.468 e. The van der Waals surface area contributed by atoms with Crippen LogP contribution in [0.1, 0.15) is 38.8 Å². The molecule has 106 valence electrons. The Morgan fingerprint density at radius 3 is 2.32 bits per heavy atom. The third kappa shape index (κ3) is 4.62. The van der Waals surface area contributed by atoms with E-state index in [0.29, 0.717) is 0 Å². The highest BCUT2D eigenvalue weighted by molar-refractivity contribution is 9.10. The van der Waals surface area contributed by atoms with Crippen LogP contribution in [0, 0.1) is 5.92 Å². The van der Waals surface area contributed by atoms with Gasteiger partial charge in [0.2, 0.25) is 0 Å². The van der Waals surface area contributed by atoms with Crippen LogP contribution in [0.15, 0.2) is 28.7 Å². The van der Waals surface area contributed by atoms with Gasteiger partial charge < -0.3 is 4.74 Å². The molecule has 0 aliphatic rings. The number of methoxy groups -OCH3 is 1. The molecule has 3 nitrogen and oxygen atoms in total. The number of hydrogen-bond donors (Lipinski definition) is 1. The van der Waals surface area contributed by atoms with E-state index in [1.165, 1.54) is 12.7 Å². The second-order valence-electron chi connectivity index (χ2n) is 4.92. The molecule has 0 saturated heterocycles. The number of carbonyl (C=O) groups is 1. The van der Waals surface area contributed by atoms with Crippen LogP contribution in [0.2, 0.25) is 0 Å². The lowest BCUT2D eigenvalue weighted by atomic mass is 9.99. The molecule has 1 N–H and O–H groups in total. The smallest absolute Gasteiger partial charge is 0.323 e. The first-order valence-corrected chi connectivity index (χ1v) is 7.38. The minimum atomic E-state index is -0.279. The van der Waals surface area contributed by atoms with E-state index in [9.17, 15) is 4.79 Å². The molecule has 0 radical (unpaired) electrons. The molecule has 1 rings (SSSR count). The van der Waals surface area contributed by atoms with E-state index >= 15 is 0 Å². The van der Waals surface area contributed by atoms with Gasteiger partial charge in [0.15, 0.2) is 0 Å². The summed E-state index contributed by atoms with van der Waals surface area (Å²) in [5.74, 6) is -0.0116. The third-order valence-electron chi connectivity index (χ3n) is 3.18. The minimum absolute atomic E-state index is 0.152. The van der Waals surface area contributed by atoms with Gasteiger partial charge in [-0.2, -0.15) is 0 Å². The van der Waals surface area contributed by atoms with Gasteiger partial charge in [0.05, 0.1) is 7.11 Å². The van der Waals surface area contributed by atoms with Crippen LogP contribution in [0.4, 0.5) is 0 Å². The van der Waals surface area contributed by atoms with E-state index < -0.39 is 0 Å². The summed E-state index contributed by atoms with van der Waals surface area (Å²) < 4.78 is 5.92. The highest BCUT2D eigenvalue weighted by atomic mass is 79.9. The van der Waals surface area contributed by atoms with Crippen molar-refractivity contribution in [3.05, 3.63) is 34.3 Å². The number of esters is 1. The monoisotopic (exact) mass is 327 g/mol. The van der Waals surface area contributed by atoms with Crippen molar-refractivity contribution in [2.45, 2.75) is 39.3 Å². The summed E-state index contributed by atoms with van der Waals surface area (Å²) in [6, 6.07) is 8.04. The molecule has 0 amide bonds. The van der Waals surface area contributed by atoms with Gasteiger partial charge in [-0.25, -0.2) is 0 Å². The molecule has 1 aromatic rings. The van der Waals surface area contributed by atoms with Crippen molar-refractivity contribution < 1.29 is 9.53 Å². The first-order valence-electron chi connectivity index (χ1n) is 6.58. The molecular weight excluding hydrogens is 306 g/mol. The fraction of sp³-hybridized carbons (Fsp3) is 0.533. The highest BCUT2D eigenvalue weighted by Crippen LogP contribution is 2.21. The topological polar surface area (TPSA) is 38.3 Å². The summed E-state index contributed by atoms with van der Waals surface area (Å²) in [5.41, 5.74) is 1.18. The Bertz CT molecular complexity index is 403. The second kappa shape index (κ2) is 7.65. The number of ether oxygens (including phenoxy) is 1. The molecule has 1 aromatic carbocycles. The molecule has 0 aliphatic carbocycles. The van der Waals surface area contributed by atoms with Gasteiger partial charge in [0.25, 0.3) is 0 Å². The Morgan fingerprint density at radius 1 is 1.32 bits per heavy atom. The molecule has 4 heteroatoms. The summed E-state index contributed by atoms with van der Waals surface area (Å²) in [5, 5.41) is 3.40. The Labute approximate surface area is 123 Å². The van der Waals surface area contributed by atoms with Gasteiger partial charge >= 0.3 is 5.97 Å². The fourth-order valence-electron chi connectivity index (χ4n) is 2.02. The second-order valence-corrected chi connectivity index (χ2v) is 5.84. The van der Waals surface area contributed by atoms with Crippen molar-refractivity contribution in [3.8, 4) is 0 Å². The van der Waals surface area contributed by atoms with Gasteiger partial charge in [-0.3, -0.25) is 10.1 Å². The molecule has 19 heavy (non-hydrogen) atoms. The van der Waals surface area contributed by atoms with E-state index in [-0.39, 0.29) is 24.0 Å². The van der Waals surface area contributed by atoms with Crippen LogP contribution < -0.4 is 5.32 Å². The first kappa shape index (κ1) is 16.2. The summed E-state index contributed by atoms with van der Waals surface area (Å²) >= 11 is 3.43. The van der Waals surface area contributed by atoms with E-state index in [2.05, 4.69) is 40.3 Å². The normalized spacial score (nSPS) is 14.2. The third-order valence-corrected chi connectivity index (χ3v) is 3.71. The van der Waals surface area contributed by atoms with Crippen molar-refractivity contribution in [3.63, 3.8) is 0 Å². The largest absolute Gasteiger partial charge is 0.468 e. The zero-order chi connectivity index (χ0) is 14.4. The Morgan fingerprint density at radius 2 is 1.89 bits per heavy atom. The number of nitrogens with one attached hydrogen (secondary N) is 1. The Balaban J connectivity index is 2.85. The maximum atomic E-state index is 11.8. The summed E-state index contributed by atoms with van der Waals surface area (Å²) in [7, 11) is 1.43. The van der Waals surface area contributed by atoms with Crippen LogP contribution in [0.3, 0.4) is 0 Å². The van der Waals surface area contributed by atoms with Crippen molar-refractivity contribution in [2.24, 2.45) is 5.92 Å². The summed E-state index contributed by atoms with van der Waals surface area (Å²) in [6.07, 6.45) is 0.918. The fourth-order valence-corrected chi connectivity index (χ4v) is 2.29. The average molecular weight is 328 g/mol. The Hall–Kier alpha value is -0.870. The van der Waals surface area contributed by atoms with Gasteiger partial charge in [-0.15, -0.1) is 0 Å². The van der Waals surface area contributed by atoms with Crippen LogP contribution in [-0.4, -0.2) is 19.1 Å². The van der Waals surface area contributed by atoms with Gasteiger partial charge in [0.1, 0.15) is 6.04 Å². The van der Waals surface area contributed by atoms with Gasteiger partial charge in [-0.05, 0) is 30.0 Å². The van der Waals surface area contributed by atoms with E-state index in [1.807, 2.05) is 26.0 Å². The van der Waals surface area contributed by atoms with Crippen molar-refractivity contribution in [1.82, 2.24) is 5.32 Å². The van der Waals surface area contributed by atoms with Crippen LogP contribution in [0.25, 0.3) is 0 Å². The molecule has 1 unspecified atom stereocenters. The van der Waals surface area contributed by atoms with E-state index in [1.54, 1.807) is 0 Å². The van der Waals surface area contributed by atoms with Crippen LogP contribution in [0.5, 0.6) is 0 Å². The number of hydrogen-bond acceptors (Lipinski definition) is 3. The maximum Gasteiger partial charge on any atom is 0.323 e. The average Bonchev–Trinajstić information content (AvgIpc) is 2.40. The standard InChI is InChI=1S/C15H22BrNO2/c1-5-13(11-6-8-12(16)9-7-11)17-14(10(2)3)15(18)19-4/h6-10,13-14,17H,5H2,1-4H3/t13?,14-/m0/s1. The zero-order valence-electron chi connectivity index (χ0n) is 11.9. The van der Waals surface area contributed by atoms with E-state index in [0.717, 1.165) is 10.9 Å². The highest BCUT2D eigenvalue weighted by Gasteiger charge is 2.25. The lowest BCUT2D eigenvalue weighted by molar-refractivity contribution is -0.144. The molecule has 0 saturated carbocycles. The number of benzene rings is 1. The molecule has 0 heterocycles. The van der Waals surface area contributed by atoms with Crippen molar-refractivity contribution >= 4 is 21.9 Å². The molecule has 0 fully saturated rings. The molecule has 0 aliphatic heterocycles. The van der Waals surface area contributed by atoms with Gasteiger partial charge in [-0.1, -0.05) is 48.8 Å². The number of rotatable bonds is 6. The summed E-state index contributed by atoms with van der Waals surface area (Å²) in [6.45, 7) is 6.14. The first-order chi connectivity index (χ1) is 8.99. The van der Waals surface area contributed by atoms with Crippen molar-refractivity contribution in [2.75, 3.05) is 7.11 Å². The molecule has 0 aromatic heterocycles. The zero-order valence-corrected chi connectivity index (χ0v) is 13.5. The lowest BCUT2D eigenvalue weighted by Gasteiger charge is -2.26. The SMILES string of the molecule is CCC(N[C@H](C(=O)OC)C(C)C)c1ccc(Br)cc1. The van der Waals surface area contributed by atoms with Crippen LogP contribution >= 0.6 is 15.9 Å². The molecule has 0 spiro atoms. The van der Waals surface area contributed by atoms with E-state index in [4.69, 9.17) is 4.74 Å². The molecule has 0 bridgehead atoms. The van der Waals surface area contributed by atoms with Gasteiger partial charge in [0, 0.05) is 10.5 Å². The quantitative estimate of drug-likeness (QED) is 0.810. The number of carbonyl (C=O) groups excluding carboxylic acids is 1. The Kier molecular flexibility index (Phi) is 6.52. The van der Waals surface area contributed by atoms with Crippen LogP contribution in [-0.2, 0) is 9.53 Å². The predicted molar refractivity (Wildman–Crippen MR) is 81.0 cm³/mol. The lowest BCUT2D eigenvalue weighted by Crippen LogP contribution is -2.43. The molecular formula is C15H22BrNO2.